The number of esters is 1. The number of β-amino-alcohol motifs (C(OH)–C–C–N with tert-alkyl or cyclic N) is 1. The molecule has 2 heterocycles. The van der Waals surface area contributed by atoms with Crippen LogP contribution in [0.3, 0.4) is 0 Å². The number of methoxy groups -OCH3 is 1. The summed E-state index contributed by atoms with van der Waals surface area (Å²) in [6.45, 7) is 5.50. The molecule has 3 atom stereocenters. The number of carbonyl (C=O) groups is 3. The third-order valence-electron chi connectivity index (χ3n) is 5.83. The number of ether oxygens (including phenoxy) is 2. The first-order valence-corrected chi connectivity index (χ1v) is 10.8. The van der Waals surface area contributed by atoms with Gasteiger partial charge in [0.05, 0.1) is 19.3 Å². The molecule has 9 nitrogen and oxygen atoms in total. The van der Waals surface area contributed by atoms with Gasteiger partial charge in [-0.2, -0.15) is 0 Å². The van der Waals surface area contributed by atoms with Crippen LogP contribution >= 0.6 is 0 Å². The quantitative estimate of drug-likeness (QED) is 0.611. The Balaban J connectivity index is 1.78. The van der Waals surface area contributed by atoms with Crippen molar-refractivity contribution in [3.05, 3.63) is 23.5 Å². The van der Waals surface area contributed by atoms with Crippen LogP contribution in [-0.4, -0.2) is 64.4 Å². The molecule has 0 bridgehead atoms. The number of likely N-dealkylation sites (tertiary alicyclic amines) is 1. The van der Waals surface area contributed by atoms with E-state index < -0.39 is 29.8 Å². The number of alkyl carbamates (subject to hydrolysis) is 1. The minimum atomic E-state index is -0.815. The van der Waals surface area contributed by atoms with Gasteiger partial charge in [-0.25, -0.2) is 9.59 Å². The first kappa shape index (κ1) is 23.1. The first-order chi connectivity index (χ1) is 14.6. The monoisotopic (exact) mass is 435 g/mol. The Morgan fingerprint density at radius 1 is 1.23 bits per heavy atom. The van der Waals surface area contributed by atoms with Crippen LogP contribution in [0.5, 0.6) is 0 Å². The van der Waals surface area contributed by atoms with E-state index in [1.807, 2.05) is 20.8 Å². The molecule has 31 heavy (non-hydrogen) atoms. The molecule has 1 aliphatic heterocycles. The summed E-state index contributed by atoms with van der Waals surface area (Å²) in [4.78, 5) is 42.0. The second kappa shape index (κ2) is 9.30. The number of amides is 2. The van der Waals surface area contributed by atoms with Crippen LogP contribution < -0.4 is 5.32 Å². The predicted molar refractivity (Wildman–Crippen MR) is 112 cm³/mol. The highest BCUT2D eigenvalue weighted by atomic mass is 16.6. The summed E-state index contributed by atoms with van der Waals surface area (Å²) in [5.41, 5.74) is 0.406. The number of aliphatic hydroxyl groups is 1. The number of H-pyrrole nitrogens is 1. The third kappa shape index (κ3) is 5.58. The zero-order valence-electron chi connectivity index (χ0n) is 18.6. The van der Waals surface area contributed by atoms with Gasteiger partial charge in [0.1, 0.15) is 17.3 Å². The Kier molecular flexibility index (Phi) is 6.93. The highest BCUT2D eigenvalue weighted by molar-refractivity contribution is 5.96. The molecule has 1 aromatic rings. The van der Waals surface area contributed by atoms with E-state index in [1.165, 1.54) is 12.0 Å². The van der Waals surface area contributed by atoms with E-state index in [9.17, 15) is 19.5 Å². The number of nitrogens with one attached hydrogen (secondary N) is 2. The molecule has 9 heteroatoms. The minimum Gasteiger partial charge on any atom is -0.467 e. The molecule has 1 aliphatic carbocycles. The highest BCUT2D eigenvalue weighted by Gasteiger charge is 2.40. The molecule has 0 spiro atoms. The summed E-state index contributed by atoms with van der Waals surface area (Å²) in [7, 11) is 1.26. The molecule has 2 aliphatic rings. The van der Waals surface area contributed by atoms with Gasteiger partial charge in [-0.1, -0.05) is 12.8 Å². The van der Waals surface area contributed by atoms with E-state index in [2.05, 4.69) is 10.3 Å². The van der Waals surface area contributed by atoms with Crippen molar-refractivity contribution in [1.29, 1.82) is 0 Å². The summed E-state index contributed by atoms with van der Waals surface area (Å²) < 4.78 is 10.2. The van der Waals surface area contributed by atoms with E-state index in [1.54, 1.807) is 12.1 Å². The summed E-state index contributed by atoms with van der Waals surface area (Å²) in [5, 5.41) is 12.9. The lowest BCUT2D eigenvalue weighted by molar-refractivity contribution is -0.145. The summed E-state index contributed by atoms with van der Waals surface area (Å²) >= 11 is 0. The van der Waals surface area contributed by atoms with Crippen LogP contribution in [-0.2, 0) is 14.3 Å². The number of aromatic nitrogens is 1. The van der Waals surface area contributed by atoms with E-state index in [-0.39, 0.29) is 30.8 Å². The van der Waals surface area contributed by atoms with Crippen molar-refractivity contribution in [2.45, 2.75) is 76.7 Å². The maximum atomic E-state index is 13.1. The van der Waals surface area contributed by atoms with Gasteiger partial charge in [-0.15, -0.1) is 0 Å². The van der Waals surface area contributed by atoms with Gasteiger partial charge in [-0.3, -0.25) is 4.79 Å². The van der Waals surface area contributed by atoms with Gasteiger partial charge < -0.3 is 29.8 Å². The molecule has 1 saturated heterocycles. The number of rotatable bonds is 5. The number of aliphatic hydroxyl groups excluding tert-OH is 1. The summed E-state index contributed by atoms with van der Waals surface area (Å²) in [6.07, 6.45) is 3.02. The Bertz CT molecular complexity index is 808. The topological polar surface area (TPSA) is 121 Å². The number of nitrogens with zero attached hydrogens (tertiary/aromatic N) is 1. The smallest absolute Gasteiger partial charge is 0.408 e. The Morgan fingerprint density at radius 2 is 1.90 bits per heavy atom. The van der Waals surface area contributed by atoms with E-state index >= 15 is 0 Å². The SMILES string of the molecule is COC(=O)[C@@H]1C[C@@H](O)CN1C(=O)c1ccc([C@@H](NC(=O)OC(C)(C)C)C2CCCC2)[nH]1. The fraction of sp³-hybridized carbons (Fsp3) is 0.682. The van der Waals surface area contributed by atoms with Crippen molar-refractivity contribution < 1.29 is 29.0 Å². The second-order valence-corrected chi connectivity index (χ2v) is 9.38. The molecule has 1 aromatic heterocycles. The molecule has 3 N–H and O–H groups in total. The van der Waals surface area contributed by atoms with Crippen molar-refractivity contribution in [1.82, 2.24) is 15.2 Å². The normalized spacial score (nSPS) is 22.9. The Morgan fingerprint density at radius 3 is 2.52 bits per heavy atom. The van der Waals surface area contributed by atoms with Crippen molar-refractivity contribution in [3.8, 4) is 0 Å². The van der Waals surface area contributed by atoms with Gasteiger partial charge in [0, 0.05) is 18.7 Å². The maximum absolute atomic E-state index is 13.1. The molecule has 1 saturated carbocycles. The van der Waals surface area contributed by atoms with Crippen molar-refractivity contribution in [2.24, 2.45) is 5.92 Å². The number of hydrogen-bond donors (Lipinski definition) is 3. The summed E-state index contributed by atoms with van der Waals surface area (Å²) in [5.74, 6) is -0.696. The van der Waals surface area contributed by atoms with Crippen LogP contribution in [0.25, 0.3) is 0 Å². The lowest BCUT2D eigenvalue weighted by atomic mass is 9.95. The van der Waals surface area contributed by atoms with Crippen LogP contribution in [0.1, 0.15) is 75.1 Å². The molecule has 2 amide bonds. The molecule has 172 valence electrons. The first-order valence-electron chi connectivity index (χ1n) is 10.8. The van der Waals surface area contributed by atoms with E-state index in [4.69, 9.17) is 9.47 Å². The highest BCUT2D eigenvalue weighted by Crippen LogP contribution is 2.36. The third-order valence-corrected chi connectivity index (χ3v) is 5.83. The van der Waals surface area contributed by atoms with Crippen molar-refractivity contribution in [2.75, 3.05) is 13.7 Å². The average molecular weight is 436 g/mol. The zero-order valence-corrected chi connectivity index (χ0v) is 18.6. The van der Waals surface area contributed by atoms with Gasteiger partial charge in [0.15, 0.2) is 0 Å². The fourth-order valence-electron chi connectivity index (χ4n) is 4.45. The Hall–Kier alpha value is -2.55. The van der Waals surface area contributed by atoms with Crippen LogP contribution in [0.2, 0.25) is 0 Å². The lowest BCUT2D eigenvalue weighted by Crippen LogP contribution is -2.41. The molecular weight excluding hydrogens is 402 g/mol. The largest absolute Gasteiger partial charge is 0.467 e. The zero-order chi connectivity index (χ0) is 22.8. The van der Waals surface area contributed by atoms with Crippen molar-refractivity contribution >= 4 is 18.0 Å². The molecule has 0 radical (unpaired) electrons. The number of hydrogen-bond acceptors (Lipinski definition) is 6. The van der Waals surface area contributed by atoms with Crippen LogP contribution in [0.15, 0.2) is 12.1 Å². The molecule has 2 fully saturated rings. The standard InChI is InChI=1S/C22H33N3O6/c1-22(2,3)31-21(29)24-18(13-7-5-6-8-13)15-9-10-16(23-15)19(27)25-12-14(26)11-17(25)20(28)30-4/h9-10,13-14,17-18,23,26H,5-8,11-12H2,1-4H3,(H,24,29)/t14-,17+,18+/m1/s1. The second-order valence-electron chi connectivity index (χ2n) is 9.38. The predicted octanol–water partition coefficient (Wildman–Crippen LogP) is 2.52. The summed E-state index contributed by atoms with van der Waals surface area (Å²) in [6, 6.07) is 2.31. The van der Waals surface area contributed by atoms with Gasteiger partial charge in [0.2, 0.25) is 0 Å². The average Bonchev–Trinajstić information content (AvgIpc) is 3.44. The minimum absolute atomic E-state index is 0.0646. The molecule has 0 aromatic carbocycles. The maximum Gasteiger partial charge on any atom is 0.408 e. The number of carbonyl (C=O) groups excluding carboxylic acids is 3. The molecular formula is C22H33N3O6. The van der Waals surface area contributed by atoms with Crippen molar-refractivity contribution in [3.63, 3.8) is 0 Å². The number of aromatic amines is 1. The van der Waals surface area contributed by atoms with Crippen LogP contribution in [0.4, 0.5) is 4.79 Å². The van der Waals surface area contributed by atoms with Gasteiger partial charge >= 0.3 is 12.1 Å². The fourth-order valence-corrected chi connectivity index (χ4v) is 4.45. The van der Waals surface area contributed by atoms with Crippen LogP contribution in [0, 0.1) is 5.92 Å². The molecule has 3 rings (SSSR count). The molecule has 0 unspecified atom stereocenters. The van der Waals surface area contributed by atoms with Gasteiger partial charge in [0.25, 0.3) is 5.91 Å². The lowest BCUT2D eigenvalue weighted by Gasteiger charge is -2.27. The van der Waals surface area contributed by atoms with E-state index in [0.717, 1.165) is 31.4 Å². The van der Waals surface area contributed by atoms with E-state index in [0.29, 0.717) is 5.69 Å². The van der Waals surface area contributed by atoms with Gasteiger partial charge in [-0.05, 0) is 51.7 Å². The Labute approximate surface area is 182 Å².